The zero-order valence-corrected chi connectivity index (χ0v) is 17.4. The van der Waals surface area contributed by atoms with Gasteiger partial charge in [-0.3, -0.25) is 0 Å². The van der Waals surface area contributed by atoms with Crippen molar-refractivity contribution in [2.24, 2.45) is 0 Å². The van der Waals surface area contributed by atoms with E-state index < -0.39 is 6.10 Å². The Morgan fingerprint density at radius 2 is 1.25 bits per heavy atom. The number of benzene rings is 3. The van der Waals surface area contributed by atoms with Crippen molar-refractivity contribution < 1.29 is 5.11 Å². The highest BCUT2D eigenvalue weighted by molar-refractivity contribution is 6.05. The van der Waals surface area contributed by atoms with Crippen molar-refractivity contribution in [3.8, 4) is 0 Å². The number of fused-ring (bicyclic) bond motifs is 1. The van der Waals surface area contributed by atoms with Gasteiger partial charge in [-0.15, -0.1) is 0 Å². The van der Waals surface area contributed by atoms with E-state index in [4.69, 9.17) is 0 Å². The van der Waals surface area contributed by atoms with Crippen molar-refractivity contribution in [3.63, 3.8) is 0 Å². The molecule has 1 aliphatic rings. The number of aliphatic hydroxyl groups excluding tert-OH is 1. The van der Waals surface area contributed by atoms with Crippen LogP contribution in [-0.4, -0.2) is 5.11 Å². The van der Waals surface area contributed by atoms with Crippen molar-refractivity contribution in [1.29, 1.82) is 0 Å². The normalized spacial score (nSPS) is 16.4. The van der Waals surface area contributed by atoms with Gasteiger partial charge in [0.2, 0.25) is 0 Å². The summed E-state index contributed by atoms with van der Waals surface area (Å²) in [7, 11) is 0. The van der Waals surface area contributed by atoms with Crippen molar-refractivity contribution >= 4 is 11.1 Å². The van der Waals surface area contributed by atoms with E-state index >= 15 is 0 Å². The third-order valence-electron chi connectivity index (χ3n) is 5.73. The van der Waals surface area contributed by atoms with E-state index in [0.717, 1.165) is 33.4 Å². The Bertz CT molecular complexity index is 1040. The molecule has 28 heavy (non-hydrogen) atoms. The SMILES string of the molecule is Cc1ccc(C2=C(c3ccc(C)cc3)C(O)c3ccc(C(C)(C)C)cc32)cc1. The Kier molecular flexibility index (Phi) is 4.51. The maximum atomic E-state index is 11.3. The van der Waals surface area contributed by atoms with Crippen LogP contribution >= 0.6 is 0 Å². The Morgan fingerprint density at radius 1 is 0.714 bits per heavy atom. The molecule has 0 aromatic heterocycles. The van der Waals surface area contributed by atoms with E-state index in [1.165, 1.54) is 16.7 Å². The molecule has 0 spiro atoms. The van der Waals surface area contributed by atoms with E-state index in [0.29, 0.717) is 0 Å². The molecule has 142 valence electrons. The lowest BCUT2D eigenvalue weighted by Crippen LogP contribution is -2.11. The van der Waals surface area contributed by atoms with E-state index in [1.807, 2.05) is 0 Å². The predicted octanol–water partition coefficient (Wildman–Crippen LogP) is 6.61. The third-order valence-corrected chi connectivity index (χ3v) is 5.73. The summed E-state index contributed by atoms with van der Waals surface area (Å²) in [6, 6.07) is 23.7. The first-order valence-electron chi connectivity index (χ1n) is 9.97. The standard InChI is InChI=1S/C27H28O/c1-17-6-10-19(11-7-17)24-23-16-21(27(3,4)5)14-15-22(23)26(28)25(24)20-12-8-18(2)9-13-20/h6-16,26,28H,1-5H3. The van der Waals surface area contributed by atoms with Gasteiger partial charge >= 0.3 is 0 Å². The molecule has 0 amide bonds. The first-order valence-corrected chi connectivity index (χ1v) is 9.97. The van der Waals surface area contributed by atoms with Crippen LogP contribution in [0.15, 0.2) is 66.7 Å². The van der Waals surface area contributed by atoms with Crippen molar-refractivity contribution in [3.05, 3.63) is 106 Å². The van der Waals surface area contributed by atoms with Crippen LogP contribution in [0.3, 0.4) is 0 Å². The molecular formula is C27H28O. The number of aliphatic hydroxyl groups is 1. The van der Waals surface area contributed by atoms with Gasteiger partial charge in [-0.25, -0.2) is 0 Å². The fourth-order valence-corrected chi connectivity index (χ4v) is 3.98. The van der Waals surface area contributed by atoms with Gasteiger partial charge in [0.05, 0.1) is 0 Å². The van der Waals surface area contributed by atoms with Gasteiger partial charge in [0.1, 0.15) is 6.10 Å². The summed E-state index contributed by atoms with van der Waals surface area (Å²) in [4.78, 5) is 0. The Labute approximate surface area is 168 Å². The highest BCUT2D eigenvalue weighted by Crippen LogP contribution is 2.49. The van der Waals surface area contributed by atoms with Crippen LogP contribution in [0.2, 0.25) is 0 Å². The summed E-state index contributed by atoms with van der Waals surface area (Å²) in [6.45, 7) is 10.9. The van der Waals surface area contributed by atoms with Gasteiger partial charge in [-0.05, 0) is 52.7 Å². The van der Waals surface area contributed by atoms with Crippen molar-refractivity contribution in [2.45, 2.75) is 46.1 Å². The minimum Gasteiger partial charge on any atom is -0.384 e. The van der Waals surface area contributed by atoms with Crippen molar-refractivity contribution in [1.82, 2.24) is 0 Å². The highest BCUT2D eigenvalue weighted by Gasteiger charge is 2.32. The number of rotatable bonds is 2. The summed E-state index contributed by atoms with van der Waals surface area (Å²) in [5.74, 6) is 0. The van der Waals surface area contributed by atoms with Crippen LogP contribution in [0.25, 0.3) is 11.1 Å². The fraction of sp³-hybridized carbons (Fsp3) is 0.259. The van der Waals surface area contributed by atoms with Crippen LogP contribution in [0.4, 0.5) is 0 Å². The van der Waals surface area contributed by atoms with E-state index in [2.05, 4.69) is 101 Å². The molecule has 4 rings (SSSR count). The second kappa shape index (κ2) is 6.76. The fourth-order valence-electron chi connectivity index (χ4n) is 3.98. The summed E-state index contributed by atoms with van der Waals surface area (Å²) < 4.78 is 0. The molecule has 0 aliphatic heterocycles. The van der Waals surface area contributed by atoms with Gasteiger partial charge in [0, 0.05) is 5.57 Å². The molecule has 1 aliphatic carbocycles. The molecule has 0 saturated heterocycles. The zero-order chi connectivity index (χ0) is 20.1. The lowest BCUT2D eigenvalue weighted by molar-refractivity contribution is 0.241. The predicted molar refractivity (Wildman–Crippen MR) is 118 cm³/mol. The second-order valence-electron chi connectivity index (χ2n) is 8.98. The van der Waals surface area contributed by atoms with Gasteiger partial charge < -0.3 is 5.11 Å². The second-order valence-corrected chi connectivity index (χ2v) is 8.98. The number of hydrogen-bond donors (Lipinski definition) is 1. The van der Waals surface area contributed by atoms with Crippen LogP contribution < -0.4 is 0 Å². The van der Waals surface area contributed by atoms with E-state index in [1.54, 1.807) is 0 Å². The van der Waals surface area contributed by atoms with Gasteiger partial charge in [0.25, 0.3) is 0 Å². The number of hydrogen-bond acceptors (Lipinski definition) is 1. The summed E-state index contributed by atoms with van der Waals surface area (Å²) in [5, 5.41) is 11.3. The highest BCUT2D eigenvalue weighted by atomic mass is 16.3. The van der Waals surface area contributed by atoms with Crippen LogP contribution in [0.1, 0.15) is 65.8 Å². The maximum absolute atomic E-state index is 11.3. The molecule has 1 unspecified atom stereocenters. The van der Waals surface area contributed by atoms with Crippen LogP contribution in [-0.2, 0) is 5.41 Å². The molecule has 0 bridgehead atoms. The maximum Gasteiger partial charge on any atom is 0.106 e. The molecular weight excluding hydrogens is 340 g/mol. The average Bonchev–Trinajstić information content (AvgIpc) is 2.95. The first-order chi connectivity index (χ1) is 13.3. The Morgan fingerprint density at radius 3 is 1.79 bits per heavy atom. The Hall–Kier alpha value is -2.64. The molecule has 0 fully saturated rings. The summed E-state index contributed by atoms with van der Waals surface area (Å²) in [6.07, 6.45) is -0.608. The number of aryl methyl sites for hydroxylation is 2. The average molecular weight is 369 g/mol. The molecule has 1 atom stereocenters. The Balaban J connectivity index is 2.00. The molecule has 0 heterocycles. The van der Waals surface area contributed by atoms with Gasteiger partial charge in [0.15, 0.2) is 0 Å². The molecule has 1 heteroatoms. The molecule has 0 saturated carbocycles. The van der Waals surface area contributed by atoms with E-state index in [-0.39, 0.29) is 5.41 Å². The van der Waals surface area contributed by atoms with E-state index in [9.17, 15) is 5.11 Å². The molecule has 1 nitrogen and oxygen atoms in total. The molecule has 3 aromatic carbocycles. The van der Waals surface area contributed by atoms with Gasteiger partial charge in [-0.2, -0.15) is 0 Å². The smallest absolute Gasteiger partial charge is 0.106 e. The lowest BCUT2D eigenvalue weighted by atomic mass is 9.84. The first kappa shape index (κ1) is 18.7. The van der Waals surface area contributed by atoms with Crippen molar-refractivity contribution in [2.75, 3.05) is 0 Å². The minimum absolute atomic E-state index is 0.0605. The molecule has 1 N–H and O–H groups in total. The molecule has 0 radical (unpaired) electrons. The quantitative estimate of drug-likeness (QED) is 0.540. The largest absolute Gasteiger partial charge is 0.384 e. The molecule has 3 aromatic rings. The monoisotopic (exact) mass is 368 g/mol. The third kappa shape index (κ3) is 3.21. The minimum atomic E-state index is -0.608. The summed E-state index contributed by atoms with van der Waals surface area (Å²) in [5.41, 5.74) is 10.4. The summed E-state index contributed by atoms with van der Waals surface area (Å²) >= 11 is 0. The topological polar surface area (TPSA) is 20.2 Å². The van der Waals surface area contributed by atoms with Crippen LogP contribution in [0.5, 0.6) is 0 Å². The van der Waals surface area contributed by atoms with Crippen LogP contribution in [0, 0.1) is 13.8 Å². The zero-order valence-electron chi connectivity index (χ0n) is 17.4. The van der Waals surface area contributed by atoms with Gasteiger partial charge in [-0.1, -0.05) is 98.6 Å². The lowest BCUT2D eigenvalue weighted by Gasteiger charge is -2.21.